The maximum absolute atomic E-state index is 12.3. The molecule has 0 unspecified atom stereocenters. The summed E-state index contributed by atoms with van der Waals surface area (Å²) in [6, 6.07) is 7.11. The summed E-state index contributed by atoms with van der Waals surface area (Å²) in [7, 11) is 0. The first-order valence-corrected chi connectivity index (χ1v) is 4.70. The Hall–Kier alpha value is -1.44. The molecule has 0 aromatic heterocycles. The lowest BCUT2D eigenvalue weighted by molar-refractivity contribution is 0.501. The van der Waals surface area contributed by atoms with E-state index in [1.807, 2.05) is 0 Å². The molecular formula is C10H8BF3N-. The zero-order valence-electron chi connectivity index (χ0n) is 7.88. The summed E-state index contributed by atoms with van der Waals surface area (Å²) in [5.41, 5.74) is -0.404. The number of rotatable bonds is 2. The fraction of sp³-hybridized carbons (Fsp3) is 0.300. The maximum Gasteiger partial charge on any atom is 0.509 e. The molecule has 0 atom stereocenters. The van der Waals surface area contributed by atoms with E-state index in [1.165, 1.54) is 12.1 Å². The topological polar surface area (TPSA) is 23.8 Å². The van der Waals surface area contributed by atoms with E-state index in [2.05, 4.69) is 6.07 Å². The average molecular weight is 210 g/mol. The predicted octanol–water partition coefficient (Wildman–Crippen LogP) is 2.30. The van der Waals surface area contributed by atoms with Gasteiger partial charge in [-0.1, -0.05) is 24.3 Å². The highest BCUT2D eigenvalue weighted by Crippen LogP contribution is 2.47. The van der Waals surface area contributed by atoms with Gasteiger partial charge >= 0.3 is 6.98 Å². The van der Waals surface area contributed by atoms with Crippen molar-refractivity contribution in [3.05, 3.63) is 29.8 Å². The molecule has 0 heterocycles. The smallest absolute Gasteiger partial charge is 0.445 e. The number of nitriles is 1. The van der Waals surface area contributed by atoms with Crippen molar-refractivity contribution >= 4 is 12.4 Å². The third-order valence-corrected chi connectivity index (χ3v) is 2.81. The highest BCUT2D eigenvalue weighted by molar-refractivity contribution is 6.73. The number of nitrogens with zero attached hydrogens (tertiary/aromatic N) is 1. The fourth-order valence-electron chi connectivity index (χ4n) is 1.61. The van der Waals surface area contributed by atoms with Crippen molar-refractivity contribution in [3.8, 4) is 6.07 Å². The lowest BCUT2D eigenvalue weighted by Crippen LogP contribution is -2.33. The number of benzene rings is 1. The standard InChI is InChI=1S/C10H8BF3N/c12-11(13,14)9-3-1-8(2-4-9)10(7-15)5-6-10/h1-4H,5-6H2/q-1. The van der Waals surface area contributed by atoms with Crippen LogP contribution in [0.2, 0.25) is 0 Å². The second-order valence-electron chi connectivity index (χ2n) is 3.89. The molecule has 78 valence electrons. The van der Waals surface area contributed by atoms with Gasteiger partial charge in [0.2, 0.25) is 0 Å². The molecular weight excluding hydrogens is 202 g/mol. The lowest BCUT2D eigenvalue weighted by Gasteiger charge is -2.15. The van der Waals surface area contributed by atoms with Crippen molar-refractivity contribution in [3.63, 3.8) is 0 Å². The quantitative estimate of drug-likeness (QED) is 0.687. The van der Waals surface area contributed by atoms with Crippen LogP contribution in [0, 0.1) is 11.3 Å². The van der Waals surface area contributed by atoms with Gasteiger partial charge in [-0.3, -0.25) is 0 Å². The van der Waals surface area contributed by atoms with Crippen molar-refractivity contribution in [1.29, 1.82) is 5.26 Å². The van der Waals surface area contributed by atoms with Gasteiger partial charge in [0, 0.05) is 0 Å². The van der Waals surface area contributed by atoms with Crippen LogP contribution in [0.15, 0.2) is 24.3 Å². The zero-order valence-corrected chi connectivity index (χ0v) is 7.88. The molecule has 0 bridgehead atoms. The Balaban J connectivity index is 2.30. The molecule has 1 aliphatic rings. The molecule has 0 spiro atoms. The monoisotopic (exact) mass is 210 g/mol. The molecule has 15 heavy (non-hydrogen) atoms. The molecule has 1 fully saturated rings. The fourth-order valence-corrected chi connectivity index (χ4v) is 1.61. The molecule has 1 aromatic rings. The van der Waals surface area contributed by atoms with E-state index in [0.29, 0.717) is 5.56 Å². The third kappa shape index (κ3) is 1.72. The van der Waals surface area contributed by atoms with E-state index in [-0.39, 0.29) is 0 Å². The van der Waals surface area contributed by atoms with E-state index in [1.54, 1.807) is 0 Å². The Labute approximate surface area is 85.6 Å². The Kier molecular flexibility index (Phi) is 2.04. The molecule has 1 aliphatic carbocycles. The van der Waals surface area contributed by atoms with Crippen LogP contribution in [0.4, 0.5) is 12.9 Å². The first-order valence-electron chi connectivity index (χ1n) is 4.70. The lowest BCUT2D eigenvalue weighted by atomic mass is 9.79. The van der Waals surface area contributed by atoms with E-state index in [9.17, 15) is 12.9 Å². The van der Waals surface area contributed by atoms with E-state index < -0.39 is 17.9 Å². The van der Waals surface area contributed by atoms with Gasteiger partial charge in [-0.25, -0.2) is 0 Å². The Bertz CT molecular complexity index is 412. The van der Waals surface area contributed by atoms with Crippen molar-refractivity contribution in [2.24, 2.45) is 0 Å². The summed E-state index contributed by atoms with van der Waals surface area (Å²) in [5, 5.41) is 8.87. The van der Waals surface area contributed by atoms with Gasteiger partial charge in [-0.2, -0.15) is 5.26 Å². The molecule has 0 aliphatic heterocycles. The largest absolute Gasteiger partial charge is 0.509 e. The third-order valence-electron chi connectivity index (χ3n) is 2.81. The molecule has 2 rings (SSSR count). The number of hydrogen-bond acceptors (Lipinski definition) is 1. The first kappa shape index (κ1) is 10.1. The molecule has 0 saturated heterocycles. The molecule has 1 nitrogen and oxygen atoms in total. The second kappa shape index (κ2) is 3.03. The van der Waals surface area contributed by atoms with Crippen LogP contribution in [-0.4, -0.2) is 6.98 Å². The van der Waals surface area contributed by atoms with Crippen LogP contribution in [0.25, 0.3) is 0 Å². The average Bonchev–Trinajstić information content (AvgIpc) is 2.97. The molecule has 0 amide bonds. The molecule has 0 radical (unpaired) electrons. The summed E-state index contributed by atoms with van der Waals surface area (Å²) in [4.78, 5) is 0. The Morgan fingerprint density at radius 1 is 1.13 bits per heavy atom. The van der Waals surface area contributed by atoms with Gasteiger partial charge in [-0.15, -0.1) is 5.46 Å². The Morgan fingerprint density at radius 3 is 2.00 bits per heavy atom. The van der Waals surface area contributed by atoms with Gasteiger partial charge in [-0.05, 0) is 18.4 Å². The summed E-state index contributed by atoms with van der Waals surface area (Å²) >= 11 is 0. The molecule has 0 N–H and O–H groups in total. The Morgan fingerprint density at radius 2 is 1.67 bits per heavy atom. The van der Waals surface area contributed by atoms with Gasteiger partial charge in [0.15, 0.2) is 0 Å². The minimum absolute atomic E-state index is 0.503. The zero-order chi connectivity index (χ0) is 11.1. The SMILES string of the molecule is N#CC1(c2ccc([B-](F)(F)F)cc2)CC1. The van der Waals surface area contributed by atoms with Gasteiger partial charge in [0.25, 0.3) is 0 Å². The van der Waals surface area contributed by atoms with Gasteiger partial charge < -0.3 is 12.9 Å². The van der Waals surface area contributed by atoms with E-state index in [4.69, 9.17) is 5.26 Å². The van der Waals surface area contributed by atoms with Crippen LogP contribution < -0.4 is 5.46 Å². The molecule has 5 heteroatoms. The highest BCUT2D eigenvalue weighted by Gasteiger charge is 2.44. The number of hydrogen-bond donors (Lipinski definition) is 0. The second-order valence-corrected chi connectivity index (χ2v) is 3.89. The minimum Gasteiger partial charge on any atom is -0.445 e. The van der Waals surface area contributed by atoms with Crippen molar-refractivity contribution < 1.29 is 12.9 Å². The summed E-state index contributed by atoms with van der Waals surface area (Å²) in [6.07, 6.45) is 1.50. The van der Waals surface area contributed by atoms with Gasteiger partial charge in [0.1, 0.15) is 0 Å². The van der Waals surface area contributed by atoms with Crippen LogP contribution in [0.5, 0.6) is 0 Å². The normalized spacial score (nSPS) is 18.3. The van der Waals surface area contributed by atoms with Crippen LogP contribution in [0.3, 0.4) is 0 Å². The minimum atomic E-state index is -4.93. The van der Waals surface area contributed by atoms with Crippen molar-refractivity contribution in [1.82, 2.24) is 0 Å². The van der Waals surface area contributed by atoms with Crippen molar-refractivity contribution in [2.45, 2.75) is 18.3 Å². The van der Waals surface area contributed by atoms with Gasteiger partial charge in [0.05, 0.1) is 11.5 Å². The number of halogens is 3. The van der Waals surface area contributed by atoms with Crippen LogP contribution in [0.1, 0.15) is 18.4 Å². The van der Waals surface area contributed by atoms with E-state index >= 15 is 0 Å². The summed E-state index contributed by atoms with van der Waals surface area (Å²) < 4.78 is 36.9. The van der Waals surface area contributed by atoms with Crippen LogP contribution in [-0.2, 0) is 5.41 Å². The van der Waals surface area contributed by atoms with E-state index in [0.717, 1.165) is 25.0 Å². The van der Waals surface area contributed by atoms with Crippen molar-refractivity contribution in [2.75, 3.05) is 0 Å². The first-order chi connectivity index (χ1) is 6.98. The molecule has 1 aromatic carbocycles. The maximum atomic E-state index is 12.3. The predicted molar refractivity (Wildman–Crippen MR) is 51.7 cm³/mol. The summed E-state index contributed by atoms with van der Waals surface area (Å²) in [5.74, 6) is 0. The van der Waals surface area contributed by atoms with Crippen LogP contribution >= 0.6 is 0 Å². The molecule has 1 saturated carbocycles. The summed E-state index contributed by atoms with van der Waals surface area (Å²) in [6.45, 7) is -4.93. The highest BCUT2D eigenvalue weighted by atomic mass is 19.4.